The number of hydrogen-bond donors (Lipinski definition) is 3. The number of aromatic hydroxyl groups is 2. The van der Waals surface area contributed by atoms with Crippen LogP contribution in [0.5, 0.6) is 17.2 Å². The number of nitrogens with zero attached hydrogens (tertiary/aromatic N) is 1. The van der Waals surface area contributed by atoms with Crippen molar-refractivity contribution in [3.63, 3.8) is 0 Å². The van der Waals surface area contributed by atoms with E-state index >= 15 is 0 Å². The lowest BCUT2D eigenvalue weighted by Gasteiger charge is -2.28. The van der Waals surface area contributed by atoms with Crippen LogP contribution >= 0.6 is 0 Å². The fraction of sp³-hybridized carbons (Fsp3) is 0.240. The molecular weight excluding hydrogens is 408 g/mol. The second-order valence-corrected chi connectivity index (χ2v) is 8.10. The molecule has 7 nitrogen and oxygen atoms in total. The third-order valence-corrected chi connectivity index (χ3v) is 5.79. The van der Waals surface area contributed by atoms with E-state index in [0.717, 1.165) is 28.4 Å². The number of phenols is 2. The number of anilines is 1. The molecule has 2 aliphatic rings. The SMILES string of the molecule is O=C(c1c(O)cc(O)cc1OCc1ccccc1)N1Cc2cccc(NC3COC3)c2C1. The summed E-state index contributed by atoms with van der Waals surface area (Å²) >= 11 is 0. The maximum Gasteiger partial charge on any atom is 0.262 e. The average Bonchev–Trinajstić information content (AvgIpc) is 3.20. The van der Waals surface area contributed by atoms with Gasteiger partial charge in [-0.25, -0.2) is 0 Å². The average molecular weight is 432 g/mol. The van der Waals surface area contributed by atoms with Gasteiger partial charge in [-0.05, 0) is 22.8 Å². The normalized spacial score (nSPS) is 15.2. The lowest BCUT2D eigenvalue weighted by molar-refractivity contribution is 0.0210. The fourth-order valence-electron chi connectivity index (χ4n) is 4.05. The molecule has 0 spiro atoms. The third-order valence-electron chi connectivity index (χ3n) is 5.79. The van der Waals surface area contributed by atoms with Gasteiger partial charge in [-0.3, -0.25) is 4.79 Å². The Morgan fingerprint density at radius 1 is 1.06 bits per heavy atom. The van der Waals surface area contributed by atoms with Crippen molar-refractivity contribution >= 4 is 11.6 Å². The number of carbonyl (C=O) groups is 1. The van der Waals surface area contributed by atoms with Gasteiger partial charge in [0.15, 0.2) is 0 Å². The molecule has 0 aromatic heterocycles. The smallest absolute Gasteiger partial charge is 0.262 e. The Bertz CT molecular complexity index is 1140. The van der Waals surface area contributed by atoms with E-state index < -0.39 is 0 Å². The summed E-state index contributed by atoms with van der Waals surface area (Å²) in [7, 11) is 0. The summed E-state index contributed by atoms with van der Waals surface area (Å²) in [5.41, 5.74) is 4.10. The zero-order valence-corrected chi connectivity index (χ0v) is 17.5. The van der Waals surface area contributed by atoms with Crippen molar-refractivity contribution in [2.24, 2.45) is 0 Å². The molecular formula is C25H24N2O5. The van der Waals surface area contributed by atoms with Crippen LogP contribution in [0.4, 0.5) is 5.69 Å². The van der Waals surface area contributed by atoms with Crippen molar-refractivity contribution in [1.29, 1.82) is 0 Å². The van der Waals surface area contributed by atoms with E-state index in [-0.39, 0.29) is 41.4 Å². The lowest BCUT2D eigenvalue weighted by Crippen LogP contribution is -2.40. The van der Waals surface area contributed by atoms with Gasteiger partial charge in [0.2, 0.25) is 0 Å². The minimum absolute atomic E-state index is 0.0495. The highest BCUT2D eigenvalue weighted by Crippen LogP contribution is 2.37. The van der Waals surface area contributed by atoms with Gasteiger partial charge in [0.05, 0.1) is 19.3 Å². The minimum atomic E-state index is -0.348. The highest BCUT2D eigenvalue weighted by molar-refractivity contribution is 6.00. The summed E-state index contributed by atoms with van der Waals surface area (Å²) in [6.45, 7) is 2.42. The van der Waals surface area contributed by atoms with Crippen molar-refractivity contribution in [2.75, 3.05) is 18.5 Å². The van der Waals surface area contributed by atoms with Crippen molar-refractivity contribution < 1.29 is 24.5 Å². The van der Waals surface area contributed by atoms with Crippen molar-refractivity contribution in [3.8, 4) is 17.2 Å². The molecule has 1 amide bonds. The van der Waals surface area contributed by atoms with Crippen LogP contribution in [-0.2, 0) is 24.4 Å². The van der Waals surface area contributed by atoms with E-state index in [1.54, 1.807) is 4.90 Å². The number of carbonyl (C=O) groups excluding carboxylic acids is 1. The predicted octanol–water partition coefficient (Wildman–Crippen LogP) is 3.64. The molecule has 5 rings (SSSR count). The second kappa shape index (κ2) is 8.43. The number of hydrogen-bond acceptors (Lipinski definition) is 6. The van der Waals surface area contributed by atoms with E-state index in [1.807, 2.05) is 48.5 Å². The van der Waals surface area contributed by atoms with Crippen LogP contribution in [0.15, 0.2) is 60.7 Å². The number of amides is 1. The Kier molecular flexibility index (Phi) is 5.33. The Labute approximate surface area is 185 Å². The largest absolute Gasteiger partial charge is 0.508 e. The lowest BCUT2D eigenvalue weighted by atomic mass is 10.1. The van der Waals surface area contributed by atoms with Crippen LogP contribution in [0.1, 0.15) is 27.0 Å². The molecule has 3 N–H and O–H groups in total. The van der Waals surface area contributed by atoms with Crippen LogP contribution in [-0.4, -0.2) is 40.3 Å². The molecule has 1 saturated heterocycles. The van der Waals surface area contributed by atoms with Gasteiger partial charge in [-0.2, -0.15) is 0 Å². The van der Waals surface area contributed by atoms with E-state index in [0.29, 0.717) is 26.3 Å². The maximum atomic E-state index is 13.4. The highest BCUT2D eigenvalue weighted by atomic mass is 16.5. The summed E-state index contributed by atoms with van der Waals surface area (Å²) in [5.74, 6) is -0.669. The van der Waals surface area contributed by atoms with Gasteiger partial charge in [0.25, 0.3) is 5.91 Å². The molecule has 3 aromatic rings. The molecule has 0 atom stereocenters. The number of nitrogens with one attached hydrogen (secondary N) is 1. The summed E-state index contributed by atoms with van der Waals surface area (Å²) in [6.07, 6.45) is 0. The molecule has 164 valence electrons. The van der Waals surface area contributed by atoms with Crippen LogP contribution in [0, 0.1) is 0 Å². The summed E-state index contributed by atoms with van der Waals surface area (Å²) in [6, 6.07) is 18.3. The third kappa shape index (κ3) is 3.94. The first-order valence-electron chi connectivity index (χ1n) is 10.6. The molecule has 2 aliphatic heterocycles. The van der Waals surface area contributed by atoms with Gasteiger partial charge < -0.3 is 29.9 Å². The Hall–Kier alpha value is -3.71. The fourth-order valence-corrected chi connectivity index (χ4v) is 4.05. The van der Waals surface area contributed by atoms with E-state index in [1.165, 1.54) is 6.07 Å². The van der Waals surface area contributed by atoms with Crippen molar-refractivity contribution in [1.82, 2.24) is 4.90 Å². The first-order chi connectivity index (χ1) is 15.6. The van der Waals surface area contributed by atoms with Gasteiger partial charge >= 0.3 is 0 Å². The molecule has 0 aliphatic carbocycles. The maximum absolute atomic E-state index is 13.4. The Balaban J connectivity index is 1.38. The molecule has 2 heterocycles. The number of fused-ring (bicyclic) bond motifs is 1. The number of phenolic OH excluding ortho intramolecular Hbond substituents is 2. The number of rotatable bonds is 6. The topological polar surface area (TPSA) is 91.3 Å². The van der Waals surface area contributed by atoms with Crippen LogP contribution in [0.3, 0.4) is 0 Å². The van der Waals surface area contributed by atoms with Crippen molar-refractivity contribution in [3.05, 3.63) is 82.9 Å². The first kappa shape index (κ1) is 20.2. The summed E-state index contributed by atoms with van der Waals surface area (Å²) in [5, 5.41) is 24.0. The van der Waals surface area contributed by atoms with Crippen molar-refractivity contribution in [2.45, 2.75) is 25.7 Å². The summed E-state index contributed by atoms with van der Waals surface area (Å²) in [4.78, 5) is 15.1. The molecule has 0 unspecified atom stereocenters. The van der Waals surface area contributed by atoms with Gasteiger partial charge in [-0.15, -0.1) is 0 Å². The zero-order chi connectivity index (χ0) is 22.1. The zero-order valence-electron chi connectivity index (χ0n) is 17.5. The monoisotopic (exact) mass is 432 g/mol. The van der Waals surface area contributed by atoms with Crippen LogP contribution < -0.4 is 10.1 Å². The molecule has 3 aromatic carbocycles. The van der Waals surface area contributed by atoms with Gasteiger partial charge in [-0.1, -0.05) is 42.5 Å². The van der Waals surface area contributed by atoms with E-state index in [9.17, 15) is 15.0 Å². The quantitative estimate of drug-likeness (QED) is 0.551. The molecule has 0 radical (unpaired) electrons. The molecule has 0 bridgehead atoms. The van der Waals surface area contributed by atoms with Crippen LogP contribution in [0.2, 0.25) is 0 Å². The predicted molar refractivity (Wildman–Crippen MR) is 119 cm³/mol. The second-order valence-electron chi connectivity index (χ2n) is 8.10. The number of ether oxygens (including phenoxy) is 2. The molecule has 1 fully saturated rings. The highest BCUT2D eigenvalue weighted by Gasteiger charge is 2.31. The molecule has 7 heteroatoms. The van der Waals surface area contributed by atoms with Gasteiger partial charge in [0.1, 0.15) is 29.4 Å². The number of benzene rings is 3. The standard InChI is InChI=1S/C25H24N2O5/c28-19-9-22(29)24(23(10-19)32-13-16-5-2-1-3-6-16)25(30)27-11-17-7-4-8-21(20(17)12-27)26-18-14-31-15-18/h1-10,18,26,28-29H,11-15H2. The first-order valence-corrected chi connectivity index (χ1v) is 10.6. The Morgan fingerprint density at radius 2 is 1.88 bits per heavy atom. The molecule has 32 heavy (non-hydrogen) atoms. The van der Waals surface area contributed by atoms with E-state index in [2.05, 4.69) is 5.32 Å². The van der Waals surface area contributed by atoms with E-state index in [4.69, 9.17) is 9.47 Å². The summed E-state index contributed by atoms with van der Waals surface area (Å²) < 4.78 is 11.1. The van der Waals surface area contributed by atoms with Gasteiger partial charge in [0, 0.05) is 30.9 Å². The molecule has 0 saturated carbocycles. The van der Waals surface area contributed by atoms with Crippen LogP contribution in [0.25, 0.3) is 0 Å². The minimum Gasteiger partial charge on any atom is -0.508 e. The Morgan fingerprint density at radius 3 is 2.62 bits per heavy atom.